The van der Waals surface area contributed by atoms with E-state index < -0.39 is 0 Å². The number of fused-ring (bicyclic) bond motifs is 1. The molecule has 1 aromatic carbocycles. The molecule has 3 aromatic heterocycles. The Bertz CT molecular complexity index is 1310. The van der Waals surface area contributed by atoms with E-state index in [1.165, 1.54) is 0 Å². The number of likely N-dealkylation sites (N-methyl/N-ethyl adjacent to an activating group) is 1. The van der Waals surface area contributed by atoms with Crippen molar-refractivity contribution in [3.63, 3.8) is 0 Å². The van der Waals surface area contributed by atoms with E-state index in [2.05, 4.69) is 26.2 Å². The SMILES string of the molecule is CN(C)CCOc1ncc(-c2cc(-c3ccc4c(c3)CCC4=NO)c(-c3ccncc3)o2)cn1. The van der Waals surface area contributed by atoms with Gasteiger partial charge in [-0.1, -0.05) is 23.4 Å². The lowest BCUT2D eigenvalue weighted by atomic mass is 9.98. The third-order valence-electron chi connectivity index (χ3n) is 5.84. The van der Waals surface area contributed by atoms with Crippen LogP contribution in [0.3, 0.4) is 0 Å². The molecule has 0 saturated heterocycles. The summed E-state index contributed by atoms with van der Waals surface area (Å²) in [5.74, 6) is 1.41. The molecule has 0 bridgehead atoms. The second-order valence-corrected chi connectivity index (χ2v) is 8.41. The lowest BCUT2D eigenvalue weighted by Gasteiger charge is -2.09. The first-order valence-electron chi connectivity index (χ1n) is 11.1. The minimum Gasteiger partial charge on any atom is -0.462 e. The average molecular weight is 456 g/mol. The van der Waals surface area contributed by atoms with Gasteiger partial charge in [-0.05, 0) is 56.3 Å². The van der Waals surface area contributed by atoms with Crippen molar-refractivity contribution in [1.29, 1.82) is 0 Å². The number of benzene rings is 1. The van der Waals surface area contributed by atoms with Crippen LogP contribution in [0.2, 0.25) is 0 Å². The fourth-order valence-electron chi connectivity index (χ4n) is 4.04. The van der Waals surface area contributed by atoms with Crippen LogP contribution in [0.1, 0.15) is 17.5 Å². The standard InChI is InChI=1S/C26H25N5O3/c1-31(2)11-12-33-26-28-15-20(16-29-26)24-14-22(25(34-24)17-7-9-27-10-8-17)19-3-5-21-18(13-19)4-6-23(21)30-32/h3,5,7-10,13-16,32H,4,6,11-12H2,1-2H3. The topological polar surface area (TPSA) is 96.9 Å². The molecular formula is C26H25N5O3. The summed E-state index contributed by atoms with van der Waals surface area (Å²) < 4.78 is 11.9. The molecule has 1 N–H and O–H groups in total. The molecule has 1 aliphatic carbocycles. The quantitative estimate of drug-likeness (QED) is 0.323. The Kier molecular flexibility index (Phi) is 6.05. The molecule has 0 spiro atoms. The Morgan fingerprint density at radius 1 is 0.971 bits per heavy atom. The van der Waals surface area contributed by atoms with Crippen LogP contribution in [0.5, 0.6) is 6.01 Å². The van der Waals surface area contributed by atoms with E-state index in [0.717, 1.165) is 64.2 Å². The van der Waals surface area contributed by atoms with Crippen molar-refractivity contribution in [2.24, 2.45) is 5.16 Å². The summed E-state index contributed by atoms with van der Waals surface area (Å²) in [7, 11) is 3.98. The second kappa shape index (κ2) is 9.44. The highest BCUT2D eigenvalue weighted by Crippen LogP contribution is 2.40. The minimum atomic E-state index is 0.340. The Morgan fingerprint density at radius 3 is 2.50 bits per heavy atom. The molecule has 5 rings (SSSR count). The van der Waals surface area contributed by atoms with E-state index in [0.29, 0.717) is 18.4 Å². The molecule has 0 fully saturated rings. The first-order valence-corrected chi connectivity index (χ1v) is 11.1. The molecule has 0 radical (unpaired) electrons. The number of furan rings is 1. The van der Waals surface area contributed by atoms with Crippen LogP contribution >= 0.6 is 0 Å². The van der Waals surface area contributed by atoms with Crippen molar-refractivity contribution < 1.29 is 14.4 Å². The number of pyridine rings is 1. The molecule has 3 heterocycles. The Labute approximate surface area is 197 Å². The van der Waals surface area contributed by atoms with Gasteiger partial charge < -0.3 is 19.3 Å². The molecule has 0 aliphatic heterocycles. The predicted molar refractivity (Wildman–Crippen MR) is 129 cm³/mol. The Morgan fingerprint density at radius 2 is 1.76 bits per heavy atom. The Hall–Kier alpha value is -4.04. The van der Waals surface area contributed by atoms with Crippen LogP contribution in [0.15, 0.2) is 70.8 Å². The molecule has 8 nitrogen and oxygen atoms in total. The summed E-state index contributed by atoms with van der Waals surface area (Å²) in [5, 5.41) is 12.7. The molecule has 4 aromatic rings. The van der Waals surface area contributed by atoms with Crippen LogP contribution in [-0.4, -0.2) is 58.0 Å². The summed E-state index contributed by atoms with van der Waals surface area (Å²) >= 11 is 0. The zero-order valence-electron chi connectivity index (χ0n) is 19.1. The summed E-state index contributed by atoms with van der Waals surface area (Å²) in [6, 6.07) is 12.4. The first kappa shape index (κ1) is 21.8. The predicted octanol–water partition coefficient (Wildman–Crippen LogP) is 4.53. The van der Waals surface area contributed by atoms with Crippen LogP contribution in [0, 0.1) is 0 Å². The molecule has 0 atom stereocenters. The van der Waals surface area contributed by atoms with E-state index >= 15 is 0 Å². The van der Waals surface area contributed by atoms with Crippen molar-refractivity contribution >= 4 is 5.71 Å². The lowest BCUT2D eigenvalue weighted by molar-refractivity contribution is 0.245. The van der Waals surface area contributed by atoms with E-state index in [4.69, 9.17) is 9.15 Å². The van der Waals surface area contributed by atoms with Crippen molar-refractivity contribution in [3.8, 4) is 39.8 Å². The fourth-order valence-corrected chi connectivity index (χ4v) is 4.04. The highest BCUT2D eigenvalue weighted by molar-refractivity contribution is 6.04. The van der Waals surface area contributed by atoms with E-state index in [1.807, 2.05) is 49.3 Å². The summed E-state index contributed by atoms with van der Waals surface area (Å²) in [6.07, 6.45) is 8.51. The van der Waals surface area contributed by atoms with Gasteiger partial charge in [0, 0.05) is 48.0 Å². The monoisotopic (exact) mass is 455 g/mol. The maximum absolute atomic E-state index is 9.26. The van der Waals surface area contributed by atoms with Gasteiger partial charge in [-0.2, -0.15) is 0 Å². The van der Waals surface area contributed by atoms with Crippen molar-refractivity contribution in [2.45, 2.75) is 12.8 Å². The number of hydrogen-bond acceptors (Lipinski definition) is 8. The maximum Gasteiger partial charge on any atom is 0.316 e. The highest BCUT2D eigenvalue weighted by atomic mass is 16.5. The number of hydrogen-bond donors (Lipinski definition) is 1. The zero-order valence-corrected chi connectivity index (χ0v) is 19.1. The Balaban J connectivity index is 1.50. The second-order valence-electron chi connectivity index (χ2n) is 8.41. The highest BCUT2D eigenvalue weighted by Gasteiger charge is 2.22. The number of ether oxygens (including phenoxy) is 1. The van der Waals surface area contributed by atoms with E-state index in [9.17, 15) is 5.21 Å². The fraction of sp³-hybridized carbons (Fsp3) is 0.231. The molecule has 0 unspecified atom stereocenters. The molecule has 172 valence electrons. The number of aryl methyl sites for hydroxylation is 1. The number of aromatic nitrogens is 3. The van der Waals surface area contributed by atoms with Gasteiger partial charge in [0.05, 0.1) is 11.3 Å². The molecule has 8 heteroatoms. The van der Waals surface area contributed by atoms with Crippen molar-refractivity contribution in [1.82, 2.24) is 19.9 Å². The van der Waals surface area contributed by atoms with Gasteiger partial charge in [-0.15, -0.1) is 0 Å². The van der Waals surface area contributed by atoms with Gasteiger partial charge in [-0.3, -0.25) is 4.98 Å². The summed E-state index contributed by atoms with van der Waals surface area (Å²) in [5.41, 5.74) is 6.58. The molecular weight excluding hydrogens is 430 g/mol. The normalized spacial score (nSPS) is 14.0. The van der Waals surface area contributed by atoms with Gasteiger partial charge in [0.2, 0.25) is 0 Å². The maximum atomic E-state index is 9.26. The third-order valence-corrected chi connectivity index (χ3v) is 5.84. The van der Waals surface area contributed by atoms with Gasteiger partial charge in [0.25, 0.3) is 0 Å². The van der Waals surface area contributed by atoms with Crippen LogP contribution in [-0.2, 0) is 6.42 Å². The van der Waals surface area contributed by atoms with Gasteiger partial charge in [0.1, 0.15) is 18.1 Å². The first-order chi connectivity index (χ1) is 16.6. The van der Waals surface area contributed by atoms with Gasteiger partial charge in [0.15, 0.2) is 0 Å². The van der Waals surface area contributed by atoms with Crippen molar-refractivity contribution in [2.75, 3.05) is 27.2 Å². The summed E-state index contributed by atoms with van der Waals surface area (Å²) in [6.45, 7) is 1.30. The molecule has 34 heavy (non-hydrogen) atoms. The van der Waals surface area contributed by atoms with Crippen LogP contribution in [0.25, 0.3) is 33.8 Å². The largest absolute Gasteiger partial charge is 0.462 e. The van der Waals surface area contributed by atoms with E-state index in [-0.39, 0.29) is 0 Å². The van der Waals surface area contributed by atoms with Crippen LogP contribution < -0.4 is 4.74 Å². The molecule has 0 saturated carbocycles. The minimum absolute atomic E-state index is 0.340. The van der Waals surface area contributed by atoms with Gasteiger partial charge >= 0.3 is 6.01 Å². The number of nitrogens with zero attached hydrogens (tertiary/aromatic N) is 5. The smallest absolute Gasteiger partial charge is 0.316 e. The zero-order chi connectivity index (χ0) is 23.5. The van der Waals surface area contributed by atoms with Gasteiger partial charge in [-0.25, -0.2) is 9.97 Å². The molecule has 0 amide bonds. The molecule has 1 aliphatic rings. The number of rotatable bonds is 7. The third kappa shape index (κ3) is 4.40. The van der Waals surface area contributed by atoms with E-state index in [1.54, 1.807) is 24.8 Å². The van der Waals surface area contributed by atoms with Crippen molar-refractivity contribution in [3.05, 3.63) is 72.3 Å². The lowest BCUT2D eigenvalue weighted by Crippen LogP contribution is -2.19. The average Bonchev–Trinajstić information content (AvgIpc) is 3.49. The summed E-state index contributed by atoms with van der Waals surface area (Å²) in [4.78, 5) is 14.9. The number of oxime groups is 1. The van der Waals surface area contributed by atoms with Crippen LogP contribution in [0.4, 0.5) is 0 Å².